The Kier molecular flexibility index (Phi) is 5.50. The van der Waals surface area contributed by atoms with Gasteiger partial charge in [0.1, 0.15) is 0 Å². The molecule has 1 aliphatic rings. The fraction of sp³-hybridized carbons (Fsp3) is 0.300. The van der Waals surface area contributed by atoms with E-state index in [-0.39, 0.29) is 27.4 Å². The molecule has 1 aliphatic heterocycles. The Hall–Kier alpha value is -2.38. The summed E-state index contributed by atoms with van der Waals surface area (Å²) >= 11 is 6.03. The number of fused-ring (bicyclic) bond motifs is 1. The number of amides is 1. The number of sulfone groups is 1. The maximum atomic E-state index is 12.9. The number of nitrogens with zero attached hydrogens (tertiary/aromatic N) is 1. The van der Waals surface area contributed by atoms with Crippen molar-refractivity contribution in [3.63, 3.8) is 0 Å². The van der Waals surface area contributed by atoms with Crippen LogP contribution in [-0.4, -0.2) is 38.7 Å². The monoisotopic (exact) mass is 421 g/mol. The van der Waals surface area contributed by atoms with E-state index in [0.29, 0.717) is 0 Å². The van der Waals surface area contributed by atoms with E-state index in [1.807, 2.05) is 31.2 Å². The third kappa shape index (κ3) is 3.91. The number of hydrogen-bond acceptors (Lipinski definition) is 5. The van der Waals surface area contributed by atoms with Crippen LogP contribution in [0.1, 0.15) is 29.8 Å². The Balaban J connectivity index is 1.81. The van der Waals surface area contributed by atoms with Gasteiger partial charge in [0.25, 0.3) is 5.91 Å². The predicted octanol–water partition coefficient (Wildman–Crippen LogP) is 3.27. The van der Waals surface area contributed by atoms with E-state index >= 15 is 0 Å². The second kappa shape index (κ2) is 7.56. The van der Waals surface area contributed by atoms with E-state index in [1.165, 1.54) is 19.1 Å². The third-order valence-electron chi connectivity index (χ3n) is 4.66. The van der Waals surface area contributed by atoms with Crippen molar-refractivity contribution in [2.45, 2.75) is 37.3 Å². The maximum absolute atomic E-state index is 12.9. The lowest BCUT2D eigenvalue weighted by Crippen LogP contribution is -2.43. The average molecular weight is 422 g/mol. The Morgan fingerprint density at radius 2 is 1.89 bits per heavy atom. The highest BCUT2D eigenvalue weighted by Gasteiger charge is 2.34. The van der Waals surface area contributed by atoms with E-state index < -0.39 is 21.9 Å². The van der Waals surface area contributed by atoms with Crippen molar-refractivity contribution in [2.75, 3.05) is 11.2 Å². The lowest BCUT2D eigenvalue weighted by molar-refractivity contribution is -0.126. The van der Waals surface area contributed by atoms with E-state index in [4.69, 9.17) is 16.3 Å². The standard InChI is InChI=1S/C20H20ClNO5S/c1-12-10-14-6-4-5-7-18(14)22(12)19(23)13(2)27-20(24)16-11-15(28(3,25)26)8-9-17(16)21/h4-9,11-13H,10H2,1-3H3/t12-,13-/m1/s1. The van der Waals surface area contributed by atoms with Gasteiger partial charge in [-0.3, -0.25) is 4.79 Å². The molecule has 0 spiro atoms. The van der Waals surface area contributed by atoms with Gasteiger partial charge in [0, 0.05) is 18.0 Å². The van der Waals surface area contributed by atoms with Gasteiger partial charge in [0.15, 0.2) is 15.9 Å². The largest absolute Gasteiger partial charge is 0.449 e. The minimum absolute atomic E-state index is 0.0510. The van der Waals surface area contributed by atoms with Crippen LogP contribution in [0.5, 0.6) is 0 Å². The molecule has 0 unspecified atom stereocenters. The van der Waals surface area contributed by atoms with Crippen LogP contribution < -0.4 is 4.90 Å². The summed E-state index contributed by atoms with van der Waals surface area (Å²) in [5, 5.41) is 0.0527. The van der Waals surface area contributed by atoms with Gasteiger partial charge in [-0.25, -0.2) is 13.2 Å². The summed E-state index contributed by atoms with van der Waals surface area (Å²) in [5.74, 6) is -1.20. The minimum atomic E-state index is -3.52. The van der Waals surface area contributed by atoms with Gasteiger partial charge in [0.2, 0.25) is 0 Å². The molecule has 2 aromatic rings. The molecule has 1 heterocycles. The number of esters is 1. The van der Waals surface area contributed by atoms with Crippen LogP contribution in [0.4, 0.5) is 5.69 Å². The molecule has 0 radical (unpaired) electrons. The molecule has 28 heavy (non-hydrogen) atoms. The number of halogens is 1. The Morgan fingerprint density at radius 3 is 2.57 bits per heavy atom. The van der Waals surface area contributed by atoms with Crippen molar-refractivity contribution in [3.8, 4) is 0 Å². The molecule has 0 saturated heterocycles. The molecule has 0 fully saturated rings. The third-order valence-corrected chi connectivity index (χ3v) is 6.10. The first-order valence-corrected chi connectivity index (χ1v) is 11.0. The smallest absolute Gasteiger partial charge is 0.340 e. The van der Waals surface area contributed by atoms with Crippen LogP contribution in [0, 0.1) is 0 Å². The van der Waals surface area contributed by atoms with Gasteiger partial charge >= 0.3 is 5.97 Å². The molecular weight excluding hydrogens is 402 g/mol. The number of ether oxygens (including phenoxy) is 1. The zero-order valence-electron chi connectivity index (χ0n) is 15.7. The summed E-state index contributed by atoms with van der Waals surface area (Å²) in [6.45, 7) is 3.42. The summed E-state index contributed by atoms with van der Waals surface area (Å²) in [6.07, 6.45) is 0.702. The van der Waals surface area contributed by atoms with Crippen LogP contribution in [0.25, 0.3) is 0 Å². The van der Waals surface area contributed by atoms with Gasteiger partial charge in [-0.05, 0) is 50.1 Å². The first-order valence-electron chi connectivity index (χ1n) is 8.71. The number of carbonyl (C=O) groups excluding carboxylic acids is 2. The molecule has 6 nitrogen and oxygen atoms in total. The summed E-state index contributed by atoms with van der Waals surface area (Å²) in [7, 11) is -3.52. The zero-order valence-corrected chi connectivity index (χ0v) is 17.3. The maximum Gasteiger partial charge on any atom is 0.340 e. The molecule has 0 N–H and O–H groups in total. The van der Waals surface area contributed by atoms with Crippen molar-refractivity contribution in [1.82, 2.24) is 0 Å². The number of para-hydroxylation sites is 1. The molecular formula is C20H20ClNO5S. The van der Waals surface area contributed by atoms with Crippen molar-refractivity contribution in [3.05, 3.63) is 58.6 Å². The lowest BCUT2D eigenvalue weighted by Gasteiger charge is -2.26. The number of anilines is 1. The summed E-state index contributed by atoms with van der Waals surface area (Å²) in [6, 6.07) is 11.3. The molecule has 0 aliphatic carbocycles. The van der Waals surface area contributed by atoms with Crippen LogP contribution in [0.2, 0.25) is 5.02 Å². The summed E-state index contributed by atoms with van der Waals surface area (Å²) < 4.78 is 28.8. The highest BCUT2D eigenvalue weighted by Crippen LogP contribution is 2.32. The zero-order chi connectivity index (χ0) is 20.6. The second-order valence-electron chi connectivity index (χ2n) is 6.85. The molecule has 8 heteroatoms. The molecule has 2 aromatic carbocycles. The van der Waals surface area contributed by atoms with Crippen LogP contribution in [-0.2, 0) is 25.8 Å². The Bertz CT molecular complexity index is 1050. The van der Waals surface area contributed by atoms with Gasteiger partial charge in [-0.2, -0.15) is 0 Å². The molecule has 0 saturated carbocycles. The normalized spacial score (nSPS) is 17.1. The van der Waals surface area contributed by atoms with Crippen LogP contribution in [0.15, 0.2) is 47.4 Å². The van der Waals surface area contributed by atoms with Gasteiger partial charge in [0.05, 0.1) is 15.5 Å². The quantitative estimate of drug-likeness (QED) is 0.708. The van der Waals surface area contributed by atoms with Gasteiger partial charge in [-0.15, -0.1) is 0 Å². The first kappa shape index (κ1) is 20.4. The lowest BCUT2D eigenvalue weighted by atomic mass is 10.1. The van der Waals surface area contributed by atoms with Crippen LogP contribution >= 0.6 is 11.6 Å². The Morgan fingerprint density at radius 1 is 1.21 bits per heavy atom. The van der Waals surface area contributed by atoms with E-state index in [9.17, 15) is 18.0 Å². The fourth-order valence-electron chi connectivity index (χ4n) is 3.26. The average Bonchev–Trinajstić information content (AvgIpc) is 2.95. The van der Waals surface area contributed by atoms with Crippen LogP contribution in [0.3, 0.4) is 0 Å². The first-order chi connectivity index (χ1) is 13.1. The molecule has 0 bridgehead atoms. The van der Waals surface area contributed by atoms with Gasteiger partial charge < -0.3 is 9.64 Å². The second-order valence-corrected chi connectivity index (χ2v) is 9.27. The van der Waals surface area contributed by atoms with Gasteiger partial charge in [-0.1, -0.05) is 29.8 Å². The van der Waals surface area contributed by atoms with E-state index in [1.54, 1.807) is 4.90 Å². The van der Waals surface area contributed by atoms with Crippen molar-refractivity contribution >= 4 is 39.0 Å². The number of benzene rings is 2. The minimum Gasteiger partial charge on any atom is -0.449 e. The fourth-order valence-corrected chi connectivity index (χ4v) is 4.10. The highest BCUT2D eigenvalue weighted by molar-refractivity contribution is 7.90. The topological polar surface area (TPSA) is 80.8 Å². The van der Waals surface area contributed by atoms with Crippen molar-refractivity contribution in [2.24, 2.45) is 0 Å². The SMILES string of the molecule is C[C@@H]1Cc2ccccc2N1C(=O)[C@@H](C)OC(=O)c1cc(S(C)(=O)=O)ccc1Cl. The summed E-state index contributed by atoms with van der Waals surface area (Å²) in [4.78, 5) is 27.0. The number of carbonyl (C=O) groups is 2. The number of hydrogen-bond donors (Lipinski definition) is 0. The highest BCUT2D eigenvalue weighted by atomic mass is 35.5. The van der Waals surface area contributed by atoms with Crippen molar-refractivity contribution in [1.29, 1.82) is 0 Å². The molecule has 1 amide bonds. The van der Waals surface area contributed by atoms with Crippen molar-refractivity contribution < 1.29 is 22.7 Å². The molecule has 148 valence electrons. The number of rotatable bonds is 4. The Labute approximate surface area is 169 Å². The molecule has 3 rings (SSSR count). The molecule has 2 atom stereocenters. The van der Waals surface area contributed by atoms with E-state index in [0.717, 1.165) is 30.0 Å². The summed E-state index contributed by atoms with van der Waals surface area (Å²) in [5.41, 5.74) is 1.77. The predicted molar refractivity (Wildman–Crippen MR) is 107 cm³/mol. The molecule has 0 aromatic heterocycles. The van der Waals surface area contributed by atoms with E-state index in [2.05, 4.69) is 0 Å².